The van der Waals surface area contributed by atoms with E-state index in [1.165, 1.54) is 11.5 Å². The molecule has 0 aliphatic heterocycles. The van der Waals surface area contributed by atoms with Crippen LogP contribution in [-0.4, -0.2) is 9.64 Å². The molecule has 2 heterocycles. The zero-order valence-electron chi connectivity index (χ0n) is 9.15. The Kier molecular flexibility index (Phi) is 5.77. The molecule has 0 atom stereocenters. The molecule has 0 radical (unpaired) electrons. The van der Waals surface area contributed by atoms with E-state index < -0.39 is 0 Å². The summed E-state index contributed by atoms with van der Waals surface area (Å²) in [6, 6.07) is 3.03. The third-order valence-corrected chi connectivity index (χ3v) is 2.55. The molecule has 0 bridgehead atoms. The van der Waals surface area contributed by atoms with E-state index in [4.69, 9.17) is 4.52 Å². The number of hydrogen-bond donors (Lipinski definition) is 0. The van der Waals surface area contributed by atoms with Crippen molar-refractivity contribution in [1.82, 2.24) is 9.64 Å². The van der Waals surface area contributed by atoms with Crippen molar-refractivity contribution in [3.63, 3.8) is 0 Å². The second-order valence-corrected chi connectivity index (χ2v) is 3.83. The molecule has 0 saturated carbocycles. The Morgan fingerprint density at radius 2 is 2.40 bits per heavy atom. The van der Waals surface area contributed by atoms with Crippen LogP contribution in [0.4, 0.5) is 0 Å². The molecule has 2 rings (SSSR count). The van der Waals surface area contributed by atoms with Gasteiger partial charge in [0.05, 0.1) is 0 Å². The van der Waals surface area contributed by atoms with Gasteiger partial charge in [-0.05, 0) is 17.5 Å². The first-order valence-corrected chi connectivity index (χ1v) is 5.29. The number of aryl methyl sites for hydroxylation is 2. The van der Waals surface area contributed by atoms with Gasteiger partial charge in [0, 0.05) is 16.7 Å². The molecule has 0 amide bonds. The summed E-state index contributed by atoms with van der Waals surface area (Å²) in [4.78, 5) is 0.996. The minimum Gasteiger partial charge on any atom is -0.384 e. The van der Waals surface area contributed by atoms with E-state index in [1.54, 1.807) is 0 Å². The van der Waals surface area contributed by atoms with Gasteiger partial charge < -0.3 is 4.52 Å². The molecule has 0 aliphatic carbocycles. The summed E-state index contributed by atoms with van der Waals surface area (Å²) in [5.41, 5.74) is 0.745. The van der Waals surface area contributed by atoms with Crippen molar-refractivity contribution >= 4 is 11.5 Å². The van der Waals surface area contributed by atoms with Gasteiger partial charge >= 0.3 is 58.2 Å². The predicted octanol–water partition coefficient (Wildman–Crippen LogP) is -1.39. The number of nitrogens with zero attached hydrogens (tertiary/aromatic N) is 3. The van der Waals surface area contributed by atoms with Gasteiger partial charge in [-0.3, -0.25) is 0 Å². The minimum atomic E-state index is 0. The zero-order valence-corrected chi connectivity index (χ0v) is 14.9. The fraction of sp³-hybridized carbons (Fsp3) is 0.444. The van der Waals surface area contributed by atoms with E-state index >= 15 is 0 Å². The normalized spacial score (nSPS) is 10.0. The fourth-order valence-corrected chi connectivity index (χ4v) is 1.82. The summed E-state index contributed by atoms with van der Waals surface area (Å²) in [6.07, 6.45) is 3.05. The molecule has 0 unspecified atom stereocenters. The van der Waals surface area contributed by atoms with Gasteiger partial charge in [-0.1, -0.05) is 23.1 Å². The fourth-order valence-electron chi connectivity index (χ4n) is 1.15. The van der Waals surface area contributed by atoms with Gasteiger partial charge in [0.15, 0.2) is 6.54 Å². The molecule has 0 spiro atoms. The molecule has 6 heteroatoms. The third kappa shape index (κ3) is 3.52. The summed E-state index contributed by atoms with van der Waals surface area (Å²) in [6.45, 7) is 4.89. The van der Waals surface area contributed by atoms with Crippen LogP contribution in [0.1, 0.15) is 19.1 Å². The van der Waals surface area contributed by atoms with Crippen LogP contribution in [-0.2, 0) is 6.54 Å². The van der Waals surface area contributed by atoms with Crippen LogP contribution in [0.2, 0.25) is 0 Å². The van der Waals surface area contributed by atoms with Crippen LogP contribution < -0.4 is 62.9 Å². The Hall–Kier alpha value is 0.575. The Labute approximate surface area is 142 Å². The van der Waals surface area contributed by atoms with Crippen LogP contribution in [0.15, 0.2) is 10.7 Å². The maximum atomic E-state index is 4.95. The van der Waals surface area contributed by atoms with Crippen LogP contribution >= 0.6 is 11.5 Å². The predicted molar refractivity (Wildman–Crippen MR) is 51.7 cm³/mol. The summed E-state index contributed by atoms with van der Waals surface area (Å²) in [7, 11) is 0. The van der Waals surface area contributed by atoms with Crippen molar-refractivity contribution in [3.8, 4) is 10.6 Å². The molecule has 15 heavy (non-hydrogen) atoms. The molecule has 2 aromatic rings. The number of hydrogen-bond acceptors (Lipinski definition) is 4. The first-order chi connectivity index (χ1) is 6.79. The van der Waals surface area contributed by atoms with E-state index in [9.17, 15) is 0 Å². The smallest absolute Gasteiger partial charge is 0.384 e. The van der Waals surface area contributed by atoms with Crippen molar-refractivity contribution < 1.29 is 67.4 Å². The average molecular weight is 295 g/mol. The summed E-state index contributed by atoms with van der Waals surface area (Å²) in [5.74, 6) is 0.704. The van der Waals surface area contributed by atoms with Gasteiger partial charge in [-0.25, -0.2) is 0 Å². The topological polar surface area (TPSA) is 42.8 Å². The molecule has 0 N–H and O–H groups in total. The van der Waals surface area contributed by atoms with Gasteiger partial charge in [0.2, 0.25) is 0 Å². The van der Waals surface area contributed by atoms with Crippen LogP contribution in [0, 0.1) is 13.0 Å². The van der Waals surface area contributed by atoms with Gasteiger partial charge in [-0.15, -0.1) is 5.16 Å². The maximum Gasteiger partial charge on any atom is 1.00 e. The van der Waals surface area contributed by atoms with Crippen molar-refractivity contribution in [2.24, 2.45) is 0 Å². The number of rotatable bonds is 3. The SMILES string of the molecule is CCC[n+]1cc(-c2[c-]c(C)on2)sn1.[Rb+]. The van der Waals surface area contributed by atoms with E-state index in [0.29, 0.717) is 5.76 Å². The third-order valence-electron chi connectivity index (χ3n) is 1.76. The van der Waals surface area contributed by atoms with Gasteiger partial charge in [0.25, 0.3) is 0 Å². The first-order valence-electron chi connectivity index (χ1n) is 4.52. The minimum absolute atomic E-state index is 0. The van der Waals surface area contributed by atoms with Crippen LogP contribution in [0.3, 0.4) is 0 Å². The average Bonchev–Trinajstić information content (AvgIpc) is 2.74. The molecule has 74 valence electrons. The van der Waals surface area contributed by atoms with Crippen molar-refractivity contribution in [3.05, 3.63) is 18.0 Å². The second kappa shape index (κ2) is 6.34. The van der Waals surface area contributed by atoms with Crippen molar-refractivity contribution in [2.75, 3.05) is 0 Å². The van der Waals surface area contributed by atoms with E-state index in [1.807, 2.05) is 17.8 Å². The molecular weight excluding hydrogens is 284 g/mol. The second-order valence-electron chi connectivity index (χ2n) is 3.04. The standard InChI is InChI=1S/C9H11N3OS.Rb/c1-3-4-12-6-9(14-11-12)8-5-7(2)13-10-8;/h6H,3-4H2,1-2H3;/q;+1. The quantitative estimate of drug-likeness (QED) is 0.517. The largest absolute Gasteiger partial charge is 1.00 e. The Balaban J connectivity index is 0.00000112. The maximum absolute atomic E-state index is 4.95. The van der Waals surface area contributed by atoms with Crippen molar-refractivity contribution in [1.29, 1.82) is 0 Å². The Morgan fingerprint density at radius 3 is 3.00 bits per heavy atom. The molecular formula is C9H11N3ORbS+. The Morgan fingerprint density at radius 1 is 1.60 bits per heavy atom. The molecule has 0 aliphatic rings. The first kappa shape index (κ1) is 13.6. The summed E-state index contributed by atoms with van der Waals surface area (Å²) in [5, 5.41) is 3.89. The zero-order chi connectivity index (χ0) is 9.97. The van der Waals surface area contributed by atoms with Gasteiger partial charge in [0.1, 0.15) is 6.20 Å². The Bertz CT molecular complexity index is 426. The van der Waals surface area contributed by atoms with Crippen LogP contribution in [0.25, 0.3) is 10.6 Å². The van der Waals surface area contributed by atoms with E-state index in [-0.39, 0.29) is 58.2 Å². The number of aromatic nitrogens is 3. The molecule has 0 fully saturated rings. The molecule has 0 aromatic carbocycles. The molecule has 0 saturated heterocycles. The molecule has 4 nitrogen and oxygen atoms in total. The summed E-state index contributed by atoms with van der Waals surface area (Å²) < 4.78 is 11.1. The van der Waals surface area contributed by atoms with E-state index in [2.05, 4.69) is 22.6 Å². The molecule has 2 aromatic heterocycles. The monoisotopic (exact) mass is 294 g/mol. The van der Waals surface area contributed by atoms with Crippen molar-refractivity contribution in [2.45, 2.75) is 26.8 Å². The van der Waals surface area contributed by atoms with E-state index in [0.717, 1.165) is 23.5 Å². The van der Waals surface area contributed by atoms with Crippen LogP contribution in [0.5, 0.6) is 0 Å². The summed E-state index contributed by atoms with van der Waals surface area (Å²) >= 11 is 1.42. The van der Waals surface area contributed by atoms with Gasteiger partial charge in [-0.2, -0.15) is 6.07 Å².